The second-order valence-corrected chi connectivity index (χ2v) is 3.90. The third-order valence-electron chi connectivity index (χ3n) is 2.29. The van der Waals surface area contributed by atoms with E-state index in [1.165, 1.54) is 17.0 Å². The van der Waals surface area contributed by atoms with Gasteiger partial charge in [0.15, 0.2) is 0 Å². The van der Waals surface area contributed by atoms with E-state index in [2.05, 4.69) is 5.32 Å². The summed E-state index contributed by atoms with van der Waals surface area (Å²) in [6, 6.07) is 5.24. The quantitative estimate of drug-likeness (QED) is 0.865. The average molecular weight is 235 g/mol. The first-order valence-electron chi connectivity index (χ1n) is 5.13. The highest BCUT2D eigenvalue weighted by Gasteiger charge is 2.15. The molecule has 0 saturated carbocycles. The number of anilines is 1. The first-order chi connectivity index (χ1) is 7.95. The first kappa shape index (κ1) is 13.0. The number of rotatable bonds is 3. The van der Waals surface area contributed by atoms with Crippen molar-refractivity contribution >= 4 is 11.6 Å². The molecule has 0 radical (unpaired) electrons. The van der Waals surface area contributed by atoms with Crippen LogP contribution < -0.4 is 5.32 Å². The molecule has 0 aliphatic heterocycles. The minimum absolute atomic E-state index is 0.113. The Kier molecular flexibility index (Phi) is 4.05. The summed E-state index contributed by atoms with van der Waals surface area (Å²) >= 11 is 0. The number of amides is 1. The van der Waals surface area contributed by atoms with E-state index in [-0.39, 0.29) is 11.5 Å². The fraction of sp³-hybridized carbons (Fsp3) is 0.333. The summed E-state index contributed by atoms with van der Waals surface area (Å²) < 4.78 is 12.9. The molecular weight excluding hydrogens is 221 g/mol. The van der Waals surface area contributed by atoms with Gasteiger partial charge in [-0.05, 0) is 25.1 Å². The average Bonchev–Trinajstić information content (AvgIpc) is 2.30. The lowest BCUT2D eigenvalue weighted by atomic mass is 10.1. The zero-order valence-corrected chi connectivity index (χ0v) is 9.99. The Hall–Kier alpha value is -2.09. The number of nitrogens with one attached hydrogen (secondary N) is 1. The molecule has 4 nitrogen and oxygen atoms in total. The number of hydrogen-bond donors (Lipinski definition) is 1. The van der Waals surface area contributed by atoms with Gasteiger partial charge in [-0.3, -0.25) is 4.79 Å². The van der Waals surface area contributed by atoms with Gasteiger partial charge in [-0.25, -0.2) is 4.39 Å². The Bertz CT molecular complexity index is 465. The molecule has 1 N–H and O–H groups in total. The molecule has 0 heterocycles. The summed E-state index contributed by atoms with van der Waals surface area (Å²) in [7, 11) is 3.30. The van der Waals surface area contributed by atoms with Crippen LogP contribution in [0.5, 0.6) is 0 Å². The predicted octanol–water partition coefficient (Wildman–Crippen LogP) is 1.59. The van der Waals surface area contributed by atoms with Crippen molar-refractivity contribution in [2.75, 3.05) is 19.4 Å². The molecule has 1 aromatic rings. The number of nitrogens with zero attached hydrogens (tertiary/aromatic N) is 2. The van der Waals surface area contributed by atoms with E-state index in [1.54, 1.807) is 21.0 Å². The predicted molar refractivity (Wildman–Crippen MR) is 62.9 cm³/mol. The van der Waals surface area contributed by atoms with E-state index in [0.717, 1.165) is 6.07 Å². The molecule has 0 aliphatic carbocycles. The van der Waals surface area contributed by atoms with Gasteiger partial charge >= 0.3 is 0 Å². The van der Waals surface area contributed by atoms with Crippen LogP contribution in [0.3, 0.4) is 0 Å². The highest BCUT2D eigenvalue weighted by atomic mass is 19.1. The van der Waals surface area contributed by atoms with Crippen LogP contribution in [0.4, 0.5) is 10.1 Å². The zero-order valence-electron chi connectivity index (χ0n) is 9.99. The molecular formula is C12H14FN3O. The van der Waals surface area contributed by atoms with E-state index < -0.39 is 11.9 Å². The van der Waals surface area contributed by atoms with E-state index >= 15 is 0 Å². The van der Waals surface area contributed by atoms with Crippen LogP contribution in [0.25, 0.3) is 0 Å². The minimum Gasteiger partial charge on any atom is -0.373 e. The maximum absolute atomic E-state index is 12.9. The third-order valence-corrected chi connectivity index (χ3v) is 2.29. The summed E-state index contributed by atoms with van der Waals surface area (Å²) in [5, 5.41) is 11.7. The smallest absolute Gasteiger partial charge is 0.244 e. The number of halogens is 1. The number of nitriles is 1. The Morgan fingerprint density at radius 3 is 2.71 bits per heavy atom. The molecule has 0 saturated heterocycles. The fourth-order valence-corrected chi connectivity index (χ4v) is 1.42. The lowest BCUT2D eigenvalue weighted by molar-refractivity contribution is -0.129. The molecule has 0 fully saturated rings. The molecule has 90 valence electrons. The van der Waals surface area contributed by atoms with Crippen molar-refractivity contribution in [2.45, 2.75) is 13.0 Å². The molecule has 0 bridgehead atoms. The SMILES string of the molecule is CC(Nc1ccc(F)cc1C#N)C(=O)N(C)C. The second kappa shape index (κ2) is 5.30. The molecule has 1 amide bonds. The number of likely N-dealkylation sites (N-methyl/N-ethyl adjacent to an activating group) is 1. The van der Waals surface area contributed by atoms with Crippen LogP contribution >= 0.6 is 0 Å². The lowest BCUT2D eigenvalue weighted by Gasteiger charge is -2.19. The largest absolute Gasteiger partial charge is 0.373 e. The van der Waals surface area contributed by atoms with Crippen LogP contribution in [0.1, 0.15) is 12.5 Å². The second-order valence-electron chi connectivity index (χ2n) is 3.90. The van der Waals surface area contributed by atoms with Crippen LogP contribution in [-0.2, 0) is 4.79 Å². The standard InChI is InChI=1S/C12H14FN3O/c1-8(12(17)16(2)3)15-11-5-4-10(13)6-9(11)7-14/h4-6,8,15H,1-3H3. The Morgan fingerprint density at radius 1 is 1.53 bits per heavy atom. The van der Waals surface area contributed by atoms with E-state index in [9.17, 15) is 9.18 Å². The van der Waals surface area contributed by atoms with Gasteiger partial charge in [0, 0.05) is 14.1 Å². The Balaban J connectivity index is 2.89. The van der Waals surface area contributed by atoms with Crippen LogP contribution in [0.15, 0.2) is 18.2 Å². The van der Waals surface area contributed by atoms with Crippen LogP contribution in [0, 0.1) is 17.1 Å². The minimum atomic E-state index is -0.473. The Labute approximate surface area is 99.7 Å². The third kappa shape index (κ3) is 3.18. The maximum atomic E-state index is 12.9. The van der Waals surface area contributed by atoms with E-state index in [4.69, 9.17) is 5.26 Å². The molecule has 17 heavy (non-hydrogen) atoms. The molecule has 0 aromatic heterocycles. The van der Waals surface area contributed by atoms with Gasteiger partial charge in [-0.15, -0.1) is 0 Å². The van der Waals surface area contributed by atoms with E-state index in [1.807, 2.05) is 6.07 Å². The molecule has 0 aliphatic rings. The Morgan fingerprint density at radius 2 is 2.18 bits per heavy atom. The maximum Gasteiger partial charge on any atom is 0.244 e. The number of benzene rings is 1. The van der Waals surface area contributed by atoms with Crippen molar-refractivity contribution < 1.29 is 9.18 Å². The zero-order chi connectivity index (χ0) is 13.0. The fourth-order valence-electron chi connectivity index (χ4n) is 1.42. The monoisotopic (exact) mass is 235 g/mol. The highest BCUT2D eigenvalue weighted by Crippen LogP contribution is 2.17. The molecule has 1 atom stereocenters. The summed E-state index contributed by atoms with van der Waals surface area (Å²) in [6.45, 7) is 1.69. The van der Waals surface area contributed by atoms with Crippen molar-refractivity contribution in [2.24, 2.45) is 0 Å². The summed E-state index contributed by atoms with van der Waals surface area (Å²) in [5.74, 6) is -0.586. The van der Waals surface area contributed by atoms with Crippen molar-refractivity contribution in [3.63, 3.8) is 0 Å². The number of hydrogen-bond acceptors (Lipinski definition) is 3. The molecule has 1 aromatic carbocycles. The highest BCUT2D eigenvalue weighted by molar-refractivity contribution is 5.84. The van der Waals surface area contributed by atoms with Gasteiger partial charge in [0.25, 0.3) is 0 Å². The summed E-state index contributed by atoms with van der Waals surface area (Å²) in [6.07, 6.45) is 0. The lowest BCUT2D eigenvalue weighted by Crippen LogP contribution is -2.36. The molecule has 1 unspecified atom stereocenters. The van der Waals surface area contributed by atoms with Gasteiger partial charge in [0.2, 0.25) is 5.91 Å². The molecule has 1 rings (SSSR count). The summed E-state index contributed by atoms with van der Waals surface area (Å²) in [5.41, 5.74) is 0.639. The van der Waals surface area contributed by atoms with Crippen LogP contribution in [-0.4, -0.2) is 30.9 Å². The number of carbonyl (C=O) groups is 1. The van der Waals surface area contributed by atoms with Crippen molar-refractivity contribution in [1.82, 2.24) is 4.90 Å². The van der Waals surface area contributed by atoms with Gasteiger partial charge in [-0.1, -0.05) is 0 Å². The first-order valence-corrected chi connectivity index (χ1v) is 5.13. The topological polar surface area (TPSA) is 56.1 Å². The molecule has 5 heteroatoms. The van der Waals surface area contributed by atoms with Crippen molar-refractivity contribution in [1.29, 1.82) is 5.26 Å². The summed E-state index contributed by atoms with van der Waals surface area (Å²) in [4.78, 5) is 13.1. The molecule has 0 spiro atoms. The van der Waals surface area contributed by atoms with Gasteiger partial charge in [-0.2, -0.15) is 5.26 Å². The van der Waals surface area contributed by atoms with Gasteiger partial charge in [0.05, 0.1) is 11.3 Å². The van der Waals surface area contributed by atoms with Gasteiger partial charge in [0.1, 0.15) is 17.9 Å². The van der Waals surface area contributed by atoms with Crippen molar-refractivity contribution in [3.05, 3.63) is 29.6 Å². The van der Waals surface area contributed by atoms with Crippen molar-refractivity contribution in [3.8, 4) is 6.07 Å². The normalized spacial score (nSPS) is 11.5. The van der Waals surface area contributed by atoms with E-state index in [0.29, 0.717) is 5.69 Å². The van der Waals surface area contributed by atoms with Gasteiger partial charge < -0.3 is 10.2 Å². The van der Waals surface area contributed by atoms with Crippen LogP contribution in [0.2, 0.25) is 0 Å². The number of carbonyl (C=O) groups excluding carboxylic acids is 1.